The number of benzene rings is 2. The van der Waals surface area contributed by atoms with Crippen LogP contribution in [0.1, 0.15) is 36.9 Å². The van der Waals surface area contributed by atoms with Crippen LogP contribution in [0.5, 0.6) is 0 Å². The highest BCUT2D eigenvalue weighted by Crippen LogP contribution is 2.30. The first-order chi connectivity index (χ1) is 10.9. The molecule has 1 aliphatic rings. The molecule has 0 bridgehead atoms. The second-order valence-electron chi connectivity index (χ2n) is 6.09. The molecule has 0 radical (unpaired) electrons. The van der Waals surface area contributed by atoms with Gasteiger partial charge in [0.05, 0.1) is 6.04 Å². The van der Waals surface area contributed by atoms with Crippen LogP contribution in [0.15, 0.2) is 60.7 Å². The summed E-state index contributed by atoms with van der Waals surface area (Å²) in [5.41, 5.74) is 2.80. The Labute approximate surface area is 134 Å². The number of hydrogen-bond donors (Lipinski definition) is 1. The lowest BCUT2D eigenvalue weighted by molar-refractivity contribution is 0.164. The van der Waals surface area contributed by atoms with Crippen molar-refractivity contribution in [2.75, 3.05) is 19.6 Å². The fraction of sp³-hybridized carbons (Fsp3) is 0.400. The normalized spacial score (nSPS) is 17.0. The molecule has 1 aliphatic heterocycles. The van der Waals surface area contributed by atoms with Crippen molar-refractivity contribution in [3.05, 3.63) is 71.8 Å². The summed E-state index contributed by atoms with van der Waals surface area (Å²) in [6, 6.07) is 22.9. The second kappa shape index (κ2) is 7.57. The second-order valence-corrected chi connectivity index (χ2v) is 6.09. The predicted molar refractivity (Wildman–Crippen MR) is 93.0 cm³/mol. The highest BCUT2D eigenvalue weighted by atomic mass is 15.2. The van der Waals surface area contributed by atoms with E-state index < -0.39 is 0 Å². The van der Waals surface area contributed by atoms with Gasteiger partial charge in [0.15, 0.2) is 0 Å². The molecule has 2 nitrogen and oxygen atoms in total. The molecule has 0 aromatic heterocycles. The molecule has 2 aromatic carbocycles. The number of rotatable bonds is 5. The summed E-state index contributed by atoms with van der Waals surface area (Å²) >= 11 is 0. The maximum Gasteiger partial charge on any atom is 0.0601 e. The molecule has 0 amide bonds. The van der Waals surface area contributed by atoms with Gasteiger partial charge >= 0.3 is 0 Å². The van der Waals surface area contributed by atoms with Gasteiger partial charge < -0.3 is 5.32 Å². The maximum atomic E-state index is 3.60. The predicted octanol–water partition coefficient (Wildman–Crippen LogP) is 3.85. The smallest absolute Gasteiger partial charge is 0.0601 e. The average molecular weight is 294 g/mol. The third kappa shape index (κ3) is 3.57. The van der Waals surface area contributed by atoms with Crippen LogP contribution < -0.4 is 5.32 Å². The van der Waals surface area contributed by atoms with Gasteiger partial charge in [0.1, 0.15) is 0 Å². The minimum absolute atomic E-state index is 0.380. The Morgan fingerprint density at radius 1 is 0.909 bits per heavy atom. The molecule has 116 valence electrons. The van der Waals surface area contributed by atoms with E-state index in [0.29, 0.717) is 12.1 Å². The summed E-state index contributed by atoms with van der Waals surface area (Å²) in [7, 11) is 0. The van der Waals surface area contributed by atoms with Gasteiger partial charge in [0, 0.05) is 19.1 Å². The van der Waals surface area contributed by atoms with Crippen LogP contribution in [0.4, 0.5) is 0 Å². The Balaban J connectivity index is 1.81. The highest BCUT2D eigenvalue weighted by Gasteiger charge is 2.26. The van der Waals surface area contributed by atoms with Gasteiger partial charge in [-0.05, 0) is 30.5 Å². The molecule has 1 N–H and O–H groups in total. The van der Waals surface area contributed by atoms with E-state index in [-0.39, 0.29) is 0 Å². The third-order valence-electron chi connectivity index (χ3n) is 4.62. The van der Waals surface area contributed by atoms with Gasteiger partial charge in [-0.15, -0.1) is 0 Å². The average Bonchev–Trinajstić information content (AvgIpc) is 2.59. The van der Waals surface area contributed by atoms with Gasteiger partial charge in [-0.1, -0.05) is 67.6 Å². The van der Waals surface area contributed by atoms with Crippen molar-refractivity contribution >= 4 is 0 Å². The van der Waals surface area contributed by atoms with E-state index in [1.807, 2.05) is 0 Å². The van der Waals surface area contributed by atoms with Crippen molar-refractivity contribution in [1.29, 1.82) is 0 Å². The van der Waals surface area contributed by atoms with Crippen molar-refractivity contribution in [3.8, 4) is 0 Å². The quantitative estimate of drug-likeness (QED) is 0.901. The first kappa shape index (κ1) is 15.3. The minimum Gasteiger partial charge on any atom is -0.314 e. The molecule has 0 unspecified atom stereocenters. The molecular weight excluding hydrogens is 268 g/mol. The molecule has 1 saturated heterocycles. The zero-order valence-electron chi connectivity index (χ0n) is 13.4. The number of hydrogen-bond acceptors (Lipinski definition) is 2. The maximum absolute atomic E-state index is 3.60. The Kier molecular flexibility index (Phi) is 5.25. The molecule has 0 saturated carbocycles. The van der Waals surface area contributed by atoms with Crippen LogP contribution >= 0.6 is 0 Å². The lowest BCUT2D eigenvalue weighted by Gasteiger charge is -2.38. The lowest BCUT2D eigenvalue weighted by Crippen LogP contribution is -2.44. The fourth-order valence-electron chi connectivity index (χ4n) is 3.54. The Bertz CT molecular complexity index is 505. The monoisotopic (exact) mass is 294 g/mol. The Hall–Kier alpha value is -1.64. The van der Waals surface area contributed by atoms with Crippen molar-refractivity contribution in [2.24, 2.45) is 0 Å². The zero-order valence-corrected chi connectivity index (χ0v) is 13.4. The van der Waals surface area contributed by atoms with Crippen molar-refractivity contribution < 1.29 is 0 Å². The summed E-state index contributed by atoms with van der Waals surface area (Å²) in [6.07, 6.45) is 2.48. The number of nitrogens with zero attached hydrogens (tertiary/aromatic N) is 1. The zero-order chi connectivity index (χ0) is 15.2. The molecule has 1 heterocycles. The van der Waals surface area contributed by atoms with Gasteiger partial charge in [-0.2, -0.15) is 0 Å². The molecular formula is C20H26N2. The van der Waals surface area contributed by atoms with Gasteiger partial charge in [0.25, 0.3) is 0 Å². The van der Waals surface area contributed by atoms with Crippen LogP contribution in [-0.2, 0) is 0 Å². The lowest BCUT2D eigenvalue weighted by atomic mass is 9.94. The third-order valence-corrected chi connectivity index (χ3v) is 4.62. The molecule has 0 spiro atoms. The summed E-state index contributed by atoms with van der Waals surface area (Å²) in [4.78, 5) is 2.64. The molecule has 22 heavy (non-hydrogen) atoms. The summed E-state index contributed by atoms with van der Waals surface area (Å²) in [5.74, 6) is 0. The van der Waals surface area contributed by atoms with E-state index in [0.717, 1.165) is 19.6 Å². The first-order valence-corrected chi connectivity index (χ1v) is 8.46. The topological polar surface area (TPSA) is 15.3 Å². The van der Waals surface area contributed by atoms with Gasteiger partial charge in [0.2, 0.25) is 0 Å². The highest BCUT2D eigenvalue weighted by molar-refractivity contribution is 5.31. The number of likely N-dealkylation sites (tertiary alicyclic amines) is 1. The van der Waals surface area contributed by atoms with Crippen LogP contribution in [0, 0.1) is 0 Å². The SMILES string of the molecule is CCNC1CCN(C(c2ccccc2)c2ccccc2)CC1. The number of piperidine rings is 1. The number of nitrogens with one attached hydrogen (secondary N) is 1. The molecule has 0 aliphatic carbocycles. The molecule has 2 heteroatoms. The van der Waals surface area contributed by atoms with E-state index in [2.05, 4.69) is 77.8 Å². The molecule has 0 atom stereocenters. The van der Waals surface area contributed by atoms with Crippen LogP contribution in [0.25, 0.3) is 0 Å². The largest absolute Gasteiger partial charge is 0.314 e. The van der Waals surface area contributed by atoms with Gasteiger partial charge in [-0.3, -0.25) is 4.90 Å². The summed E-state index contributed by atoms with van der Waals surface area (Å²) in [6.45, 7) is 5.59. The van der Waals surface area contributed by atoms with Crippen LogP contribution in [0.3, 0.4) is 0 Å². The fourth-order valence-corrected chi connectivity index (χ4v) is 3.54. The molecule has 1 fully saturated rings. The minimum atomic E-state index is 0.380. The van der Waals surface area contributed by atoms with E-state index in [9.17, 15) is 0 Å². The standard InChI is InChI=1S/C20H26N2/c1-2-21-19-13-15-22(16-14-19)20(17-9-5-3-6-10-17)18-11-7-4-8-12-18/h3-12,19-21H,2,13-16H2,1H3. The van der Waals surface area contributed by atoms with Crippen molar-refractivity contribution in [1.82, 2.24) is 10.2 Å². The molecule has 3 rings (SSSR count). The van der Waals surface area contributed by atoms with Crippen LogP contribution in [-0.4, -0.2) is 30.6 Å². The van der Waals surface area contributed by atoms with E-state index in [1.165, 1.54) is 24.0 Å². The van der Waals surface area contributed by atoms with Gasteiger partial charge in [-0.25, -0.2) is 0 Å². The Morgan fingerprint density at radius 2 is 1.41 bits per heavy atom. The van der Waals surface area contributed by atoms with E-state index >= 15 is 0 Å². The Morgan fingerprint density at radius 3 is 1.86 bits per heavy atom. The summed E-state index contributed by atoms with van der Waals surface area (Å²) < 4.78 is 0. The van der Waals surface area contributed by atoms with Crippen molar-refractivity contribution in [2.45, 2.75) is 31.8 Å². The first-order valence-electron chi connectivity index (χ1n) is 8.46. The van der Waals surface area contributed by atoms with E-state index in [1.54, 1.807) is 0 Å². The van der Waals surface area contributed by atoms with Crippen LogP contribution in [0.2, 0.25) is 0 Å². The summed E-state index contributed by atoms with van der Waals surface area (Å²) in [5, 5.41) is 3.60. The molecule has 2 aromatic rings. The van der Waals surface area contributed by atoms with E-state index in [4.69, 9.17) is 0 Å². The van der Waals surface area contributed by atoms with Crippen molar-refractivity contribution in [3.63, 3.8) is 0 Å².